The van der Waals surface area contributed by atoms with Gasteiger partial charge in [0, 0.05) is 11.3 Å². The molecule has 0 amide bonds. The molecule has 3 nitrogen and oxygen atoms in total. The molecule has 1 aromatic rings. The van der Waals surface area contributed by atoms with Gasteiger partial charge in [-0.1, -0.05) is 23.2 Å². The molecule has 1 unspecified atom stereocenters. The Labute approximate surface area is 124 Å². The fourth-order valence-electron chi connectivity index (χ4n) is 1.37. The van der Waals surface area contributed by atoms with Gasteiger partial charge < -0.3 is 4.74 Å². The summed E-state index contributed by atoms with van der Waals surface area (Å²) in [7, 11) is 1.30. The summed E-state index contributed by atoms with van der Waals surface area (Å²) in [6.07, 6.45) is -0.00920. The van der Waals surface area contributed by atoms with E-state index in [0.29, 0.717) is 4.90 Å². The number of hydrogen-bond acceptors (Lipinski definition) is 4. The van der Waals surface area contributed by atoms with Gasteiger partial charge in [-0.2, -0.15) is 0 Å². The Kier molecular flexibility index (Phi) is 6.10. The van der Waals surface area contributed by atoms with Gasteiger partial charge in [-0.25, -0.2) is 4.39 Å². The molecule has 1 aromatic carbocycles. The van der Waals surface area contributed by atoms with Crippen LogP contribution in [0.2, 0.25) is 5.02 Å². The molecule has 7 heteroatoms. The Bertz CT molecular complexity index is 511. The zero-order valence-corrected chi connectivity index (χ0v) is 12.6. The molecule has 0 aliphatic heterocycles. The van der Waals surface area contributed by atoms with Gasteiger partial charge in [-0.05, 0) is 24.6 Å². The van der Waals surface area contributed by atoms with Crippen molar-refractivity contribution in [3.05, 3.63) is 28.5 Å². The second-order valence-corrected chi connectivity index (χ2v) is 5.99. The average molecular weight is 324 g/mol. The number of carbonyl (C=O) groups excluding carboxylic acids is 1. The number of esters is 1. The molecule has 19 heavy (non-hydrogen) atoms. The minimum Gasteiger partial charge on any atom is -0.468 e. The molecular weight excluding hydrogens is 312 g/mol. The summed E-state index contributed by atoms with van der Waals surface area (Å²) in [6, 6.07) is 2.65. The van der Waals surface area contributed by atoms with Crippen LogP contribution in [0.25, 0.3) is 0 Å². The Balaban J connectivity index is 3.00. The SMILES string of the molecule is COC(=O)C(C)Sc1cc(CC(=N)Cl)c(F)cc1Cl. The first kappa shape index (κ1) is 16.3. The lowest BCUT2D eigenvalue weighted by molar-refractivity contribution is -0.139. The van der Waals surface area contributed by atoms with Gasteiger partial charge in [-0.15, -0.1) is 11.8 Å². The fourth-order valence-corrected chi connectivity index (χ4v) is 2.75. The van der Waals surface area contributed by atoms with Crippen molar-refractivity contribution < 1.29 is 13.9 Å². The third-order valence-corrected chi connectivity index (χ3v) is 3.98. The van der Waals surface area contributed by atoms with Gasteiger partial charge >= 0.3 is 5.97 Å². The van der Waals surface area contributed by atoms with Crippen molar-refractivity contribution in [3.8, 4) is 0 Å². The van der Waals surface area contributed by atoms with Crippen LogP contribution in [0.5, 0.6) is 0 Å². The number of methoxy groups -OCH3 is 1. The lowest BCUT2D eigenvalue weighted by Gasteiger charge is -2.12. The molecule has 0 heterocycles. The summed E-state index contributed by atoms with van der Waals surface area (Å²) in [5.41, 5.74) is 0.268. The lowest BCUT2D eigenvalue weighted by atomic mass is 10.1. The number of nitrogens with one attached hydrogen (secondary N) is 1. The normalized spacial score (nSPS) is 12.1. The number of thioether (sulfide) groups is 1. The number of rotatable bonds is 5. The summed E-state index contributed by atoms with van der Waals surface area (Å²) in [6.45, 7) is 1.67. The van der Waals surface area contributed by atoms with Crippen molar-refractivity contribution >= 4 is 46.1 Å². The topological polar surface area (TPSA) is 50.2 Å². The van der Waals surface area contributed by atoms with Crippen LogP contribution in [0.1, 0.15) is 12.5 Å². The Morgan fingerprint density at radius 1 is 1.58 bits per heavy atom. The van der Waals surface area contributed by atoms with E-state index in [-0.39, 0.29) is 22.2 Å². The quantitative estimate of drug-likeness (QED) is 0.508. The first-order chi connectivity index (χ1) is 8.85. The van der Waals surface area contributed by atoms with Gasteiger partial charge in [0.2, 0.25) is 0 Å². The van der Waals surface area contributed by atoms with E-state index >= 15 is 0 Å². The van der Waals surface area contributed by atoms with Gasteiger partial charge in [0.15, 0.2) is 0 Å². The number of benzene rings is 1. The van der Waals surface area contributed by atoms with Crippen LogP contribution in [-0.4, -0.2) is 23.5 Å². The monoisotopic (exact) mass is 323 g/mol. The molecule has 1 atom stereocenters. The van der Waals surface area contributed by atoms with Crippen LogP contribution < -0.4 is 0 Å². The molecule has 0 spiro atoms. The predicted molar refractivity (Wildman–Crippen MR) is 76.0 cm³/mol. The van der Waals surface area contributed by atoms with E-state index in [4.69, 9.17) is 28.6 Å². The molecule has 1 N–H and O–H groups in total. The van der Waals surface area contributed by atoms with E-state index in [1.807, 2.05) is 0 Å². The van der Waals surface area contributed by atoms with Crippen molar-refractivity contribution in [2.24, 2.45) is 0 Å². The van der Waals surface area contributed by atoms with Crippen LogP contribution >= 0.6 is 35.0 Å². The molecule has 0 saturated carbocycles. The molecular formula is C12H12Cl2FNO2S. The molecule has 0 aliphatic rings. The third kappa shape index (κ3) is 4.67. The minimum atomic E-state index is -0.523. The second-order valence-electron chi connectivity index (χ2n) is 3.74. The maximum absolute atomic E-state index is 13.6. The maximum Gasteiger partial charge on any atom is 0.318 e. The lowest BCUT2D eigenvalue weighted by Crippen LogP contribution is -2.14. The van der Waals surface area contributed by atoms with Crippen molar-refractivity contribution in [2.45, 2.75) is 23.5 Å². The van der Waals surface area contributed by atoms with Gasteiger partial charge in [0.25, 0.3) is 0 Å². The molecule has 1 rings (SSSR count). The van der Waals surface area contributed by atoms with Crippen molar-refractivity contribution in [1.82, 2.24) is 0 Å². The molecule has 104 valence electrons. The summed E-state index contributed by atoms with van der Waals surface area (Å²) in [5, 5.41) is 6.76. The van der Waals surface area contributed by atoms with Gasteiger partial charge in [0.1, 0.15) is 16.2 Å². The molecule has 0 aromatic heterocycles. The van der Waals surface area contributed by atoms with E-state index in [1.165, 1.54) is 24.9 Å². The van der Waals surface area contributed by atoms with Crippen molar-refractivity contribution in [2.75, 3.05) is 7.11 Å². The van der Waals surface area contributed by atoms with Gasteiger partial charge in [0.05, 0.1) is 12.1 Å². The summed E-state index contributed by atoms with van der Waals surface area (Å²) < 4.78 is 18.2. The van der Waals surface area contributed by atoms with Crippen LogP contribution in [0.3, 0.4) is 0 Å². The minimum absolute atomic E-state index is 0.00920. The molecule has 0 aliphatic carbocycles. The smallest absolute Gasteiger partial charge is 0.318 e. The summed E-state index contributed by atoms with van der Waals surface area (Å²) >= 11 is 12.6. The number of carbonyl (C=O) groups is 1. The van der Waals surface area contributed by atoms with E-state index in [1.54, 1.807) is 6.92 Å². The molecule has 0 saturated heterocycles. The van der Waals surface area contributed by atoms with Crippen LogP contribution in [0.15, 0.2) is 17.0 Å². The van der Waals surface area contributed by atoms with Crippen LogP contribution in [0.4, 0.5) is 4.39 Å². The van der Waals surface area contributed by atoms with Crippen LogP contribution in [0, 0.1) is 11.2 Å². The van der Waals surface area contributed by atoms with E-state index in [9.17, 15) is 9.18 Å². The fraction of sp³-hybridized carbons (Fsp3) is 0.333. The Hall–Kier alpha value is -0.780. The summed E-state index contributed by atoms with van der Waals surface area (Å²) in [5.74, 6) is -0.914. The molecule has 0 fully saturated rings. The van der Waals surface area contributed by atoms with Crippen molar-refractivity contribution in [3.63, 3.8) is 0 Å². The molecule has 0 radical (unpaired) electrons. The highest BCUT2D eigenvalue weighted by Crippen LogP contribution is 2.33. The zero-order valence-electron chi connectivity index (χ0n) is 10.3. The first-order valence-electron chi connectivity index (χ1n) is 5.30. The predicted octanol–water partition coefficient (Wildman–Crippen LogP) is 3.89. The Morgan fingerprint density at radius 3 is 2.74 bits per heavy atom. The van der Waals surface area contributed by atoms with Crippen molar-refractivity contribution in [1.29, 1.82) is 5.41 Å². The zero-order chi connectivity index (χ0) is 14.6. The van der Waals surface area contributed by atoms with E-state index < -0.39 is 17.0 Å². The highest BCUT2D eigenvalue weighted by atomic mass is 35.5. The van der Waals surface area contributed by atoms with Crippen LogP contribution in [-0.2, 0) is 16.0 Å². The average Bonchev–Trinajstić information content (AvgIpc) is 2.33. The number of halogens is 3. The highest BCUT2D eigenvalue weighted by molar-refractivity contribution is 8.00. The Morgan fingerprint density at radius 2 is 2.21 bits per heavy atom. The molecule has 0 bridgehead atoms. The second kappa shape index (κ2) is 7.12. The number of hydrogen-bond donors (Lipinski definition) is 1. The van der Waals surface area contributed by atoms with Gasteiger partial charge in [-0.3, -0.25) is 10.2 Å². The summed E-state index contributed by atoms with van der Waals surface area (Å²) in [4.78, 5) is 11.9. The maximum atomic E-state index is 13.6. The van der Waals surface area contributed by atoms with E-state index in [0.717, 1.165) is 6.07 Å². The first-order valence-corrected chi connectivity index (χ1v) is 6.94. The standard InChI is InChI=1S/C12H12Cl2FNO2S/c1-6(12(17)18-2)19-10-3-7(4-11(14)16)9(15)5-8(10)13/h3,5-6,16H,4H2,1-2H3. The largest absolute Gasteiger partial charge is 0.468 e. The highest BCUT2D eigenvalue weighted by Gasteiger charge is 2.18. The van der Waals surface area contributed by atoms with E-state index in [2.05, 4.69) is 4.74 Å². The number of ether oxygens (including phenoxy) is 1. The third-order valence-electron chi connectivity index (χ3n) is 2.28.